The van der Waals surface area contributed by atoms with E-state index >= 15 is 0 Å². The molecule has 28 heavy (non-hydrogen) atoms. The summed E-state index contributed by atoms with van der Waals surface area (Å²) in [6.07, 6.45) is 1.36. The van der Waals surface area contributed by atoms with E-state index in [1.807, 2.05) is 0 Å². The Morgan fingerprint density at radius 3 is 2.50 bits per heavy atom. The van der Waals surface area contributed by atoms with Crippen LogP contribution in [0.5, 0.6) is 0 Å². The van der Waals surface area contributed by atoms with Gasteiger partial charge in [0.25, 0.3) is 5.69 Å². The number of nitrogens with zero attached hydrogens (tertiary/aromatic N) is 3. The number of morpholine rings is 1. The van der Waals surface area contributed by atoms with E-state index in [0.29, 0.717) is 5.56 Å². The number of nitrogens with one attached hydrogen (secondary N) is 1. The number of hydrazone groups is 1. The van der Waals surface area contributed by atoms with Crippen molar-refractivity contribution in [2.75, 3.05) is 31.7 Å². The van der Waals surface area contributed by atoms with Crippen molar-refractivity contribution in [3.63, 3.8) is 0 Å². The first-order valence-corrected chi connectivity index (χ1v) is 9.73. The fourth-order valence-electron chi connectivity index (χ4n) is 2.58. The summed E-state index contributed by atoms with van der Waals surface area (Å²) in [6, 6.07) is 9.08. The summed E-state index contributed by atoms with van der Waals surface area (Å²) in [7, 11) is -3.86. The van der Waals surface area contributed by atoms with Crippen LogP contribution in [-0.2, 0) is 14.8 Å². The predicted molar refractivity (Wildman–Crippen MR) is 100 cm³/mol. The predicted octanol–water partition coefficient (Wildman–Crippen LogP) is 2.20. The molecule has 0 aliphatic carbocycles. The van der Waals surface area contributed by atoms with Crippen LogP contribution in [0.4, 0.5) is 15.8 Å². The highest BCUT2D eigenvalue weighted by Gasteiger charge is 2.28. The molecule has 9 nitrogen and oxygen atoms in total. The van der Waals surface area contributed by atoms with E-state index in [-0.39, 0.29) is 36.9 Å². The minimum atomic E-state index is -3.86. The number of hydrogen-bond donors (Lipinski definition) is 1. The van der Waals surface area contributed by atoms with Gasteiger partial charge in [-0.1, -0.05) is 12.1 Å². The zero-order valence-corrected chi connectivity index (χ0v) is 15.4. The molecule has 0 atom stereocenters. The maximum Gasteiger partial charge on any atom is 0.295 e. The van der Waals surface area contributed by atoms with Crippen LogP contribution in [0.15, 0.2) is 52.5 Å². The van der Waals surface area contributed by atoms with Gasteiger partial charge in [-0.25, -0.2) is 12.8 Å². The van der Waals surface area contributed by atoms with Crippen LogP contribution in [-0.4, -0.2) is 50.2 Å². The van der Waals surface area contributed by atoms with E-state index in [2.05, 4.69) is 10.5 Å². The summed E-state index contributed by atoms with van der Waals surface area (Å²) < 4.78 is 44.6. The first-order chi connectivity index (χ1) is 13.4. The maximum absolute atomic E-state index is 12.9. The molecule has 1 aliphatic rings. The molecule has 0 spiro atoms. The number of ether oxygens (including phenoxy) is 1. The van der Waals surface area contributed by atoms with Gasteiger partial charge in [0.1, 0.15) is 11.5 Å². The number of anilines is 1. The van der Waals surface area contributed by atoms with E-state index in [0.717, 1.165) is 6.07 Å². The summed E-state index contributed by atoms with van der Waals surface area (Å²) in [4.78, 5) is 10.5. The van der Waals surface area contributed by atoms with Gasteiger partial charge in [-0.3, -0.25) is 15.5 Å². The molecule has 11 heteroatoms. The zero-order valence-electron chi connectivity index (χ0n) is 14.6. The molecule has 2 aromatic rings. The number of sulfonamides is 1. The van der Waals surface area contributed by atoms with Crippen molar-refractivity contribution < 1.29 is 22.5 Å². The van der Waals surface area contributed by atoms with E-state index in [9.17, 15) is 22.9 Å². The number of rotatable bonds is 6. The van der Waals surface area contributed by atoms with Crippen molar-refractivity contribution in [1.29, 1.82) is 0 Å². The molecule has 1 aliphatic heterocycles. The highest BCUT2D eigenvalue weighted by molar-refractivity contribution is 7.89. The first kappa shape index (κ1) is 19.9. The molecule has 0 radical (unpaired) electrons. The van der Waals surface area contributed by atoms with E-state index in [4.69, 9.17) is 4.74 Å². The lowest BCUT2D eigenvalue weighted by molar-refractivity contribution is -0.384. The minimum Gasteiger partial charge on any atom is -0.379 e. The molecule has 0 unspecified atom stereocenters. The van der Waals surface area contributed by atoms with Crippen LogP contribution >= 0.6 is 0 Å². The van der Waals surface area contributed by atoms with Crippen LogP contribution in [0.3, 0.4) is 0 Å². The molecular formula is C17H17FN4O5S. The van der Waals surface area contributed by atoms with Gasteiger partial charge >= 0.3 is 0 Å². The smallest absolute Gasteiger partial charge is 0.295 e. The lowest BCUT2D eigenvalue weighted by atomic mass is 10.2. The third-order valence-corrected chi connectivity index (χ3v) is 5.94. The Hall–Kier alpha value is -2.89. The molecule has 1 saturated heterocycles. The number of nitro benzene ring substituents is 1. The monoisotopic (exact) mass is 408 g/mol. The zero-order chi connectivity index (χ0) is 20.1. The third-order valence-electron chi connectivity index (χ3n) is 4.04. The molecular weight excluding hydrogens is 391 g/mol. The summed E-state index contributed by atoms with van der Waals surface area (Å²) in [5.41, 5.74) is 2.71. The SMILES string of the molecule is O=[N+]([O-])c1cc(S(=O)(=O)N2CCOCC2)ccc1NN=Cc1ccc(F)cc1. The van der Waals surface area contributed by atoms with Gasteiger partial charge in [-0.15, -0.1) is 0 Å². The van der Waals surface area contributed by atoms with E-state index in [1.165, 1.54) is 46.9 Å². The summed E-state index contributed by atoms with van der Waals surface area (Å²) in [6.45, 7) is 0.939. The Balaban J connectivity index is 1.83. The van der Waals surface area contributed by atoms with Crippen molar-refractivity contribution in [2.24, 2.45) is 5.10 Å². The fraction of sp³-hybridized carbons (Fsp3) is 0.235. The lowest BCUT2D eigenvalue weighted by Gasteiger charge is -2.26. The van der Waals surface area contributed by atoms with Crippen molar-refractivity contribution in [1.82, 2.24) is 4.31 Å². The topological polar surface area (TPSA) is 114 Å². The molecule has 0 aromatic heterocycles. The fourth-order valence-corrected chi connectivity index (χ4v) is 4.01. The van der Waals surface area contributed by atoms with Gasteiger partial charge in [0, 0.05) is 19.2 Å². The highest BCUT2D eigenvalue weighted by atomic mass is 32.2. The van der Waals surface area contributed by atoms with Crippen molar-refractivity contribution in [2.45, 2.75) is 4.90 Å². The third kappa shape index (κ3) is 4.50. The minimum absolute atomic E-state index is 0.0317. The molecule has 0 bridgehead atoms. The van der Waals surface area contributed by atoms with Crippen molar-refractivity contribution >= 4 is 27.6 Å². The standard InChI is InChI=1S/C17H17FN4O5S/c18-14-3-1-13(2-4-14)12-19-20-16-6-5-15(11-17(16)22(23)24)28(25,26)21-7-9-27-10-8-21/h1-6,11-12,20H,7-10H2. The number of halogens is 1. The molecule has 0 amide bonds. The highest BCUT2D eigenvalue weighted by Crippen LogP contribution is 2.29. The average Bonchev–Trinajstić information content (AvgIpc) is 2.70. The van der Waals surface area contributed by atoms with Gasteiger partial charge in [0.2, 0.25) is 10.0 Å². The van der Waals surface area contributed by atoms with Gasteiger partial charge in [-0.2, -0.15) is 9.41 Å². The Bertz CT molecular complexity index is 989. The first-order valence-electron chi connectivity index (χ1n) is 8.29. The molecule has 1 fully saturated rings. The molecule has 0 saturated carbocycles. The normalized spacial score (nSPS) is 15.6. The Morgan fingerprint density at radius 1 is 1.18 bits per heavy atom. The number of hydrogen-bond acceptors (Lipinski definition) is 7. The number of nitro groups is 1. The van der Waals surface area contributed by atoms with Gasteiger partial charge in [0.05, 0.1) is 29.2 Å². The molecule has 148 valence electrons. The largest absolute Gasteiger partial charge is 0.379 e. The van der Waals surface area contributed by atoms with E-state index in [1.54, 1.807) is 0 Å². The van der Waals surface area contributed by atoms with Gasteiger partial charge in [-0.05, 0) is 29.8 Å². The lowest BCUT2D eigenvalue weighted by Crippen LogP contribution is -2.40. The maximum atomic E-state index is 12.9. The molecule has 3 rings (SSSR count). The van der Waals surface area contributed by atoms with Crippen molar-refractivity contribution in [3.05, 3.63) is 64.0 Å². The quantitative estimate of drug-likeness (QED) is 0.445. The van der Waals surface area contributed by atoms with Crippen LogP contribution in [0.1, 0.15) is 5.56 Å². The van der Waals surface area contributed by atoms with Crippen LogP contribution in [0.2, 0.25) is 0 Å². The second-order valence-electron chi connectivity index (χ2n) is 5.87. The van der Waals surface area contributed by atoms with Gasteiger partial charge < -0.3 is 4.74 Å². The Morgan fingerprint density at radius 2 is 1.86 bits per heavy atom. The second kappa shape index (κ2) is 8.42. The summed E-state index contributed by atoms with van der Waals surface area (Å²) >= 11 is 0. The second-order valence-corrected chi connectivity index (χ2v) is 7.81. The number of benzene rings is 2. The molecule has 1 N–H and O–H groups in total. The van der Waals surface area contributed by atoms with E-state index < -0.39 is 26.5 Å². The van der Waals surface area contributed by atoms with Gasteiger partial charge in [0.15, 0.2) is 0 Å². The van der Waals surface area contributed by atoms with Crippen LogP contribution < -0.4 is 5.43 Å². The van der Waals surface area contributed by atoms with Crippen LogP contribution in [0.25, 0.3) is 0 Å². The van der Waals surface area contributed by atoms with Crippen molar-refractivity contribution in [3.8, 4) is 0 Å². The molecule has 2 aromatic carbocycles. The molecule has 1 heterocycles. The summed E-state index contributed by atoms with van der Waals surface area (Å²) in [5, 5.41) is 15.3. The Labute approximate surface area is 160 Å². The van der Waals surface area contributed by atoms with Crippen LogP contribution in [0, 0.1) is 15.9 Å². The Kier molecular flexibility index (Phi) is 5.97. The summed E-state index contributed by atoms with van der Waals surface area (Å²) in [5.74, 6) is -0.391. The average molecular weight is 408 g/mol.